The maximum Gasteiger partial charge on any atom is 0.256 e. The Bertz CT molecular complexity index is 1200. The summed E-state index contributed by atoms with van der Waals surface area (Å²) in [6, 6.07) is 23.2. The third-order valence-electron chi connectivity index (χ3n) is 5.37. The minimum absolute atomic E-state index is 0.184. The molecule has 154 valence electrons. The fraction of sp³-hybridized carbons (Fsp3) is 0.160. The second-order valence-corrected chi connectivity index (χ2v) is 7.40. The lowest BCUT2D eigenvalue weighted by Crippen LogP contribution is -2.36. The predicted molar refractivity (Wildman–Crippen MR) is 122 cm³/mol. The van der Waals surface area contributed by atoms with Crippen molar-refractivity contribution in [1.29, 1.82) is 0 Å². The highest BCUT2D eigenvalue weighted by atomic mass is 16.5. The van der Waals surface area contributed by atoms with E-state index in [1.807, 2.05) is 72.8 Å². The van der Waals surface area contributed by atoms with Gasteiger partial charge in [0.25, 0.3) is 5.91 Å². The monoisotopic (exact) mass is 410 g/mol. The van der Waals surface area contributed by atoms with Gasteiger partial charge in [-0.25, -0.2) is 9.97 Å². The average Bonchev–Trinajstić information content (AvgIpc) is 2.85. The summed E-state index contributed by atoms with van der Waals surface area (Å²) in [6.07, 6.45) is 1.70. The lowest BCUT2D eigenvalue weighted by molar-refractivity contribution is 0.102. The zero-order valence-electron chi connectivity index (χ0n) is 17.0. The van der Waals surface area contributed by atoms with Crippen molar-refractivity contribution in [3.05, 3.63) is 84.6 Å². The highest BCUT2D eigenvalue weighted by Crippen LogP contribution is 2.26. The molecule has 1 fully saturated rings. The summed E-state index contributed by atoms with van der Waals surface area (Å²) in [5, 5.41) is 3.80. The zero-order chi connectivity index (χ0) is 21.0. The molecule has 1 aliphatic heterocycles. The maximum atomic E-state index is 13.2. The van der Waals surface area contributed by atoms with Crippen molar-refractivity contribution in [3.63, 3.8) is 0 Å². The lowest BCUT2D eigenvalue weighted by atomic mass is 10.0. The molecular weight excluding hydrogens is 388 g/mol. The smallest absolute Gasteiger partial charge is 0.256 e. The van der Waals surface area contributed by atoms with Crippen molar-refractivity contribution in [2.45, 2.75) is 0 Å². The van der Waals surface area contributed by atoms with Crippen molar-refractivity contribution in [3.8, 4) is 11.3 Å². The first kappa shape index (κ1) is 19.2. The van der Waals surface area contributed by atoms with Crippen LogP contribution in [-0.2, 0) is 4.74 Å². The Morgan fingerprint density at radius 2 is 1.71 bits per heavy atom. The van der Waals surface area contributed by atoms with E-state index in [0.29, 0.717) is 24.5 Å². The Balaban J connectivity index is 1.44. The van der Waals surface area contributed by atoms with Crippen LogP contribution < -0.4 is 10.2 Å². The van der Waals surface area contributed by atoms with Crippen LogP contribution in [0.25, 0.3) is 22.2 Å². The molecule has 0 spiro atoms. The Morgan fingerprint density at radius 3 is 2.48 bits per heavy atom. The van der Waals surface area contributed by atoms with Crippen LogP contribution in [0.15, 0.2) is 79.0 Å². The van der Waals surface area contributed by atoms with E-state index < -0.39 is 0 Å². The number of morpholine rings is 1. The number of ether oxygens (including phenoxy) is 1. The molecule has 0 unspecified atom stereocenters. The number of aromatic nitrogens is 2. The summed E-state index contributed by atoms with van der Waals surface area (Å²) >= 11 is 0. The average molecular weight is 410 g/mol. The number of fused-ring (bicyclic) bond motifs is 1. The Hall–Kier alpha value is -3.77. The highest BCUT2D eigenvalue weighted by Gasteiger charge is 2.16. The number of pyridine rings is 2. The number of carbonyl (C=O) groups is 1. The number of nitrogens with one attached hydrogen (secondary N) is 1. The first-order chi connectivity index (χ1) is 15.3. The maximum absolute atomic E-state index is 13.2. The molecule has 1 aliphatic rings. The van der Waals surface area contributed by atoms with E-state index in [1.54, 1.807) is 6.20 Å². The number of amides is 1. The molecule has 3 heterocycles. The summed E-state index contributed by atoms with van der Waals surface area (Å²) in [5.41, 5.74) is 3.77. The van der Waals surface area contributed by atoms with Gasteiger partial charge in [0.1, 0.15) is 5.82 Å². The molecule has 2 aromatic carbocycles. The largest absolute Gasteiger partial charge is 0.378 e. The molecular formula is C25H22N4O2. The normalized spacial score (nSPS) is 13.9. The van der Waals surface area contributed by atoms with E-state index >= 15 is 0 Å². The molecule has 1 amide bonds. The van der Waals surface area contributed by atoms with E-state index in [9.17, 15) is 4.79 Å². The van der Waals surface area contributed by atoms with Gasteiger partial charge in [0.05, 0.1) is 41.9 Å². The standard InChI is InChI=1S/C25H22N4O2/c30-25(27-19-10-11-24(26-17-19)29-12-14-31-15-13-29)21-16-23(18-6-2-1-3-7-18)28-22-9-5-4-8-20(21)22/h1-11,16-17H,12-15H2,(H,27,30). The Labute approximate surface area is 180 Å². The van der Waals surface area contributed by atoms with Crippen LogP contribution in [0, 0.1) is 0 Å². The van der Waals surface area contributed by atoms with Crippen LogP contribution in [0.1, 0.15) is 10.4 Å². The van der Waals surface area contributed by atoms with Crippen LogP contribution in [0.2, 0.25) is 0 Å². The van der Waals surface area contributed by atoms with Crippen LogP contribution in [0.5, 0.6) is 0 Å². The number of hydrogen-bond donors (Lipinski definition) is 1. The number of anilines is 2. The van der Waals surface area contributed by atoms with Gasteiger partial charge in [-0.05, 0) is 24.3 Å². The van der Waals surface area contributed by atoms with E-state index in [-0.39, 0.29) is 5.91 Å². The first-order valence-corrected chi connectivity index (χ1v) is 10.3. The van der Waals surface area contributed by atoms with Gasteiger partial charge in [0.2, 0.25) is 0 Å². The van der Waals surface area contributed by atoms with E-state index in [0.717, 1.165) is 41.1 Å². The summed E-state index contributed by atoms with van der Waals surface area (Å²) in [5.74, 6) is 0.707. The Morgan fingerprint density at radius 1 is 0.935 bits per heavy atom. The molecule has 0 bridgehead atoms. The number of hydrogen-bond acceptors (Lipinski definition) is 5. The summed E-state index contributed by atoms with van der Waals surface area (Å²) in [7, 11) is 0. The molecule has 4 aromatic rings. The number of nitrogens with zero attached hydrogens (tertiary/aromatic N) is 3. The topological polar surface area (TPSA) is 67.4 Å². The van der Waals surface area contributed by atoms with Gasteiger partial charge in [0, 0.05) is 24.0 Å². The molecule has 2 aromatic heterocycles. The molecule has 0 radical (unpaired) electrons. The van der Waals surface area contributed by atoms with E-state index in [1.165, 1.54) is 0 Å². The summed E-state index contributed by atoms with van der Waals surface area (Å²) < 4.78 is 5.39. The second-order valence-electron chi connectivity index (χ2n) is 7.40. The van der Waals surface area contributed by atoms with E-state index in [2.05, 4.69) is 15.2 Å². The van der Waals surface area contributed by atoms with Gasteiger partial charge < -0.3 is 15.0 Å². The fourth-order valence-electron chi connectivity index (χ4n) is 3.76. The SMILES string of the molecule is O=C(Nc1ccc(N2CCOCC2)nc1)c1cc(-c2ccccc2)nc2ccccc12. The summed E-state index contributed by atoms with van der Waals surface area (Å²) in [6.45, 7) is 3.06. The Kier molecular flexibility index (Phi) is 5.29. The zero-order valence-corrected chi connectivity index (χ0v) is 17.0. The van der Waals surface area contributed by atoms with Crippen molar-refractivity contribution in [1.82, 2.24) is 9.97 Å². The van der Waals surface area contributed by atoms with Crippen molar-refractivity contribution < 1.29 is 9.53 Å². The third kappa shape index (κ3) is 4.11. The van der Waals surface area contributed by atoms with Gasteiger partial charge in [-0.1, -0.05) is 48.5 Å². The quantitative estimate of drug-likeness (QED) is 0.541. The fourth-order valence-corrected chi connectivity index (χ4v) is 3.76. The van der Waals surface area contributed by atoms with Crippen LogP contribution in [-0.4, -0.2) is 42.2 Å². The molecule has 5 rings (SSSR count). The molecule has 6 heteroatoms. The summed E-state index contributed by atoms with van der Waals surface area (Å²) in [4.78, 5) is 24.7. The van der Waals surface area contributed by atoms with Crippen LogP contribution in [0.3, 0.4) is 0 Å². The molecule has 1 saturated heterocycles. The highest BCUT2D eigenvalue weighted by molar-refractivity contribution is 6.13. The molecule has 6 nitrogen and oxygen atoms in total. The number of carbonyl (C=O) groups excluding carboxylic acids is 1. The van der Waals surface area contributed by atoms with Gasteiger partial charge in [-0.3, -0.25) is 4.79 Å². The lowest BCUT2D eigenvalue weighted by Gasteiger charge is -2.27. The van der Waals surface area contributed by atoms with Gasteiger partial charge in [-0.15, -0.1) is 0 Å². The van der Waals surface area contributed by atoms with Crippen LogP contribution in [0.4, 0.5) is 11.5 Å². The molecule has 0 atom stereocenters. The molecule has 0 aliphatic carbocycles. The molecule has 31 heavy (non-hydrogen) atoms. The first-order valence-electron chi connectivity index (χ1n) is 10.3. The van der Waals surface area contributed by atoms with Crippen molar-refractivity contribution in [2.75, 3.05) is 36.5 Å². The predicted octanol–water partition coefficient (Wildman–Crippen LogP) is 4.39. The van der Waals surface area contributed by atoms with Crippen molar-refractivity contribution in [2.24, 2.45) is 0 Å². The van der Waals surface area contributed by atoms with Crippen LogP contribution >= 0.6 is 0 Å². The van der Waals surface area contributed by atoms with Gasteiger partial charge in [0.15, 0.2) is 0 Å². The van der Waals surface area contributed by atoms with Crippen molar-refractivity contribution >= 4 is 28.3 Å². The number of para-hydroxylation sites is 1. The number of rotatable bonds is 4. The van der Waals surface area contributed by atoms with Gasteiger partial charge >= 0.3 is 0 Å². The minimum Gasteiger partial charge on any atom is -0.378 e. The molecule has 1 N–H and O–H groups in total. The molecule has 0 saturated carbocycles. The minimum atomic E-state index is -0.184. The third-order valence-corrected chi connectivity index (χ3v) is 5.37. The van der Waals surface area contributed by atoms with E-state index in [4.69, 9.17) is 9.72 Å². The van der Waals surface area contributed by atoms with Gasteiger partial charge in [-0.2, -0.15) is 0 Å². The second kappa shape index (κ2) is 8.53. The number of benzene rings is 2.